The molecule has 1 unspecified atom stereocenters. The number of benzene rings is 1. The number of amides is 3. The number of fused-ring (bicyclic) bond motifs is 2. The van der Waals surface area contributed by atoms with Crippen LogP contribution in [0.1, 0.15) is 12.5 Å². The lowest BCUT2D eigenvalue weighted by Gasteiger charge is -2.29. The molecule has 1 aromatic rings. The zero-order valence-electron chi connectivity index (χ0n) is 14.5. The summed E-state index contributed by atoms with van der Waals surface area (Å²) in [5.74, 6) is -2.27. The van der Waals surface area contributed by atoms with E-state index in [0.29, 0.717) is 22.9 Å². The Bertz CT molecular complexity index is 797. The summed E-state index contributed by atoms with van der Waals surface area (Å²) < 4.78 is 13.4. The van der Waals surface area contributed by atoms with Crippen LogP contribution in [0.3, 0.4) is 0 Å². The minimum atomic E-state index is -2.67. The number of anilines is 1. The molecule has 1 saturated heterocycles. The molecule has 9 nitrogen and oxygen atoms in total. The number of halogens is 1. The molecule has 3 rings (SSSR count). The number of hydroxylamine groups is 2. The Morgan fingerprint density at radius 2 is 2.07 bits per heavy atom. The van der Waals surface area contributed by atoms with Crippen molar-refractivity contribution in [2.75, 3.05) is 11.9 Å². The number of urea groups is 1. The van der Waals surface area contributed by atoms with Crippen molar-refractivity contribution in [1.82, 2.24) is 9.96 Å². The number of hydrogen-bond donors (Lipinski definition) is 3. The summed E-state index contributed by atoms with van der Waals surface area (Å²) in [6.07, 6.45) is -1.07. The van der Waals surface area contributed by atoms with Crippen LogP contribution in [0.25, 0.3) is 0 Å². The highest BCUT2D eigenvalue weighted by molar-refractivity contribution is 6.00. The van der Waals surface area contributed by atoms with Crippen molar-refractivity contribution in [3.05, 3.63) is 41.5 Å². The molecule has 3 amide bonds. The minimum absolute atomic E-state index is 0.0900. The highest BCUT2D eigenvalue weighted by Crippen LogP contribution is 2.30. The van der Waals surface area contributed by atoms with Gasteiger partial charge in [0.15, 0.2) is 0 Å². The molecule has 3 atom stereocenters. The van der Waals surface area contributed by atoms with E-state index in [9.17, 15) is 18.8 Å². The number of nitrogens with one attached hydrogen (secondary N) is 1. The number of carboxylic acids is 1. The van der Waals surface area contributed by atoms with Crippen LogP contribution in [0, 0.1) is 0 Å². The first kappa shape index (κ1) is 18.8. The molecule has 144 valence electrons. The second-order valence-electron chi connectivity index (χ2n) is 6.29. The Morgan fingerprint density at radius 3 is 2.67 bits per heavy atom. The van der Waals surface area contributed by atoms with Gasteiger partial charge in [-0.2, -0.15) is 5.06 Å². The third-order valence-electron chi connectivity index (χ3n) is 4.42. The fourth-order valence-electron chi connectivity index (χ4n) is 3.15. The molecule has 2 bridgehead atoms. The van der Waals surface area contributed by atoms with Gasteiger partial charge in [0.1, 0.15) is 6.04 Å². The third-order valence-corrected chi connectivity index (χ3v) is 4.42. The fraction of sp³-hybridized carbons (Fsp3) is 0.353. The Balaban J connectivity index is 1.74. The summed E-state index contributed by atoms with van der Waals surface area (Å²) in [7, 11) is 0. The van der Waals surface area contributed by atoms with E-state index in [1.165, 1.54) is 4.90 Å². The Morgan fingerprint density at radius 1 is 1.41 bits per heavy atom. The van der Waals surface area contributed by atoms with Gasteiger partial charge < -0.3 is 21.1 Å². The maximum Gasteiger partial charge on any atom is 0.368 e. The summed E-state index contributed by atoms with van der Waals surface area (Å²) in [4.78, 5) is 41.6. The first-order valence-electron chi connectivity index (χ1n) is 8.23. The van der Waals surface area contributed by atoms with Gasteiger partial charge in [-0.25, -0.2) is 18.8 Å². The van der Waals surface area contributed by atoms with E-state index in [0.717, 1.165) is 5.56 Å². The molecule has 0 aliphatic carbocycles. The van der Waals surface area contributed by atoms with Crippen LogP contribution in [-0.2, 0) is 21.0 Å². The van der Waals surface area contributed by atoms with E-state index in [-0.39, 0.29) is 6.54 Å². The molecule has 2 heterocycles. The van der Waals surface area contributed by atoms with Crippen LogP contribution < -0.4 is 11.1 Å². The van der Waals surface area contributed by atoms with Gasteiger partial charge in [0.25, 0.3) is 5.91 Å². The standard InChI is InChI=1S/C17H19FN4O5/c1-9-6-12-8-21(17(26)22(12)27-14(18)16(24)25)13(9)15(23)20-11-4-2-10(7-19)3-5-11/h2-6,12-14H,7-8,19H2,1H3,(H,20,23)(H,24,25)/t12-,13+,14?/m1/s1. The number of carbonyl (C=O) groups excluding carboxylic acids is 2. The highest BCUT2D eigenvalue weighted by Gasteiger charge is 2.48. The molecule has 10 heteroatoms. The van der Waals surface area contributed by atoms with Crippen LogP contribution in [0.4, 0.5) is 14.9 Å². The first-order chi connectivity index (χ1) is 12.8. The second kappa shape index (κ2) is 7.33. The summed E-state index contributed by atoms with van der Waals surface area (Å²) in [6.45, 7) is 2.14. The lowest BCUT2D eigenvalue weighted by Crippen LogP contribution is -2.47. The van der Waals surface area contributed by atoms with Crippen molar-refractivity contribution in [3.8, 4) is 0 Å². The highest BCUT2D eigenvalue weighted by atomic mass is 19.1. The zero-order chi connectivity index (χ0) is 19.7. The van der Waals surface area contributed by atoms with E-state index in [1.54, 1.807) is 37.3 Å². The van der Waals surface area contributed by atoms with Gasteiger partial charge in [-0.15, -0.1) is 0 Å². The van der Waals surface area contributed by atoms with E-state index >= 15 is 0 Å². The van der Waals surface area contributed by atoms with Crippen molar-refractivity contribution >= 4 is 23.6 Å². The predicted octanol–water partition coefficient (Wildman–Crippen LogP) is 0.830. The molecule has 1 fully saturated rings. The summed E-state index contributed by atoms with van der Waals surface area (Å²) >= 11 is 0. The lowest BCUT2D eigenvalue weighted by atomic mass is 10.00. The van der Waals surface area contributed by atoms with Crippen molar-refractivity contribution < 1.29 is 28.7 Å². The van der Waals surface area contributed by atoms with Gasteiger partial charge in [0.2, 0.25) is 0 Å². The van der Waals surface area contributed by atoms with Crippen molar-refractivity contribution in [2.24, 2.45) is 5.73 Å². The first-order valence-corrected chi connectivity index (χ1v) is 8.23. The predicted molar refractivity (Wildman–Crippen MR) is 91.9 cm³/mol. The number of carbonyl (C=O) groups is 3. The van der Waals surface area contributed by atoms with Gasteiger partial charge in [-0.05, 0) is 30.2 Å². The molecule has 1 aromatic carbocycles. The number of rotatable bonds is 6. The Hall–Kier alpha value is -2.98. The van der Waals surface area contributed by atoms with Gasteiger partial charge in [-0.3, -0.25) is 4.79 Å². The second-order valence-corrected chi connectivity index (χ2v) is 6.29. The number of nitrogens with zero attached hydrogens (tertiary/aromatic N) is 2. The molecule has 27 heavy (non-hydrogen) atoms. The average Bonchev–Trinajstić information content (AvgIpc) is 2.87. The van der Waals surface area contributed by atoms with E-state index in [2.05, 4.69) is 10.2 Å². The van der Waals surface area contributed by atoms with E-state index in [1.807, 2.05) is 0 Å². The molecular formula is C17H19FN4O5. The van der Waals surface area contributed by atoms with Gasteiger partial charge in [0, 0.05) is 12.2 Å². The number of aliphatic carboxylic acids is 1. The minimum Gasteiger partial charge on any atom is -0.477 e. The molecule has 2 aliphatic heterocycles. The number of hydrogen-bond acceptors (Lipinski definition) is 5. The Labute approximate surface area is 154 Å². The zero-order valence-corrected chi connectivity index (χ0v) is 14.5. The largest absolute Gasteiger partial charge is 0.477 e. The van der Waals surface area contributed by atoms with Gasteiger partial charge in [-0.1, -0.05) is 18.2 Å². The molecule has 0 radical (unpaired) electrons. The number of alkyl halides is 1. The van der Waals surface area contributed by atoms with Crippen LogP contribution >= 0.6 is 0 Å². The Kier molecular flexibility index (Phi) is 5.10. The normalized spacial score (nSPS) is 22.5. The number of carboxylic acid groups (broad SMARTS) is 1. The lowest BCUT2D eigenvalue weighted by molar-refractivity contribution is -0.219. The third kappa shape index (κ3) is 3.62. The average molecular weight is 378 g/mol. The topological polar surface area (TPSA) is 125 Å². The smallest absolute Gasteiger partial charge is 0.368 e. The SMILES string of the molecule is CC1=C[C@@H]2CN(C(=O)N2OC(F)C(=O)O)[C@@H]1C(=O)Nc1ccc(CN)cc1. The molecule has 0 aromatic heterocycles. The molecule has 0 saturated carbocycles. The van der Waals surface area contributed by atoms with Gasteiger partial charge in [0.05, 0.1) is 12.6 Å². The van der Waals surface area contributed by atoms with Crippen LogP contribution in [-0.4, -0.2) is 58.0 Å². The van der Waals surface area contributed by atoms with Crippen molar-refractivity contribution in [1.29, 1.82) is 0 Å². The van der Waals surface area contributed by atoms with Crippen LogP contribution in [0.5, 0.6) is 0 Å². The van der Waals surface area contributed by atoms with E-state index in [4.69, 9.17) is 10.8 Å². The maximum absolute atomic E-state index is 13.4. The monoisotopic (exact) mass is 378 g/mol. The summed E-state index contributed by atoms with van der Waals surface area (Å²) in [6, 6.07) is 4.62. The van der Waals surface area contributed by atoms with Gasteiger partial charge >= 0.3 is 18.4 Å². The van der Waals surface area contributed by atoms with E-state index < -0.39 is 36.3 Å². The number of nitrogens with two attached hydrogens (primary N) is 1. The fourth-order valence-corrected chi connectivity index (χ4v) is 3.15. The molecule has 2 aliphatic rings. The molecule has 0 spiro atoms. The summed E-state index contributed by atoms with van der Waals surface area (Å²) in [5, 5.41) is 12.0. The maximum atomic E-state index is 13.4. The quantitative estimate of drug-likeness (QED) is 0.630. The van der Waals surface area contributed by atoms with Crippen molar-refractivity contribution in [3.63, 3.8) is 0 Å². The van der Waals surface area contributed by atoms with Crippen LogP contribution in [0.2, 0.25) is 0 Å². The van der Waals surface area contributed by atoms with Crippen LogP contribution in [0.15, 0.2) is 35.9 Å². The molecular weight excluding hydrogens is 359 g/mol. The molecule has 4 N–H and O–H groups in total. The van der Waals surface area contributed by atoms with Crippen molar-refractivity contribution in [2.45, 2.75) is 31.9 Å². The summed E-state index contributed by atoms with van der Waals surface area (Å²) in [5.41, 5.74) is 7.57.